The minimum Gasteiger partial charge on any atom is -0.492 e. The summed E-state index contributed by atoms with van der Waals surface area (Å²) < 4.78 is 5.65. The van der Waals surface area contributed by atoms with Crippen LogP contribution >= 0.6 is 12.4 Å². The van der Waals surface area contributed by atoms with Crippen molar-refractivity contribution >= 4 is 29.9 Å². The molecule has 3 rings (SSSR count). The summed E-state index contributed by atoms with van der Waals surface area (Å²) in [5.74, 6) is 1.20. The molecule has 0 radical (unpaired) electrons. The van der Waals surface area contributed by atoms with E-state index in [9.17, 15) is 9.59 Å². The van der Waals surface area contributed by atoms with Crippen LogP contribution in [-0.4, -0.2) is 49.5 Å². The Hall–Kier alpha value is -1.79. The van der Waals surface area contributed by atoms with E-state index < -0.39 is 0 Å². The van der Waals surface area contributed by atoms with Gasteiger partial charge in [0.2, 0.25) is 5.91 Å². The van der Waals surface area contributed by atoms with Gasteiger partial charge in [0.05, 0.1) is 12.3 Å². The number of carbonyl (C=O) groups is 2. The monoisotopic (exact) mass is 409 g/mol. The van der Waals surface area contributed by atoms with Crippen LogP contribution in [0.2, 0.25) is 0 Å². The number of rotatable bonds is 7. The molecule has 1 aromatic carbocycles. The van der Waals surface area contributed by atoms with Crippen LogP contribution in [0.5, 0.6) is 5.75 Å². The number of amides is 2. The van der Waals surface area contributed by atoms with Crippen LogP contribution in [-0.2, 0) is 4.79 Å². The van der Waals surface area contributed by atoms with Gasteiger partial charge in [0, 0.05) is 25.1 Å². The first-order valence-electron chi connectivity index (χ1n) is 10.2. The average Bonchev–Trinajstić information content (AvgIpc) is 3.22. The molecule has 0 bridgehead atoms. The van der Waals surface area contributed by atoms with Crippen LogP contribution in [0.1, 0.15) is 55.8 Å². The predicted octanol–water partition coefficient (Wildman–Crippen LogP) is 3.46. The molecule has 2 aliphatic rings. The minimum absolute atomic E-state index is 0. The summed E-state index contributed by atoms with van der Waals surface area (Å²) in [6.45, 7) is 6.08. The Balaban J connectivity index is 0.00000280. The molecule has 2 aliphatic heterocycles. The average molecular weight is 410 g/mol. The number of likely N-dealkylation sites (tertiary alicyclic amines) is 1. The molecule has 1 aromatic rings. The summed E-state index contributed by atoms with van der Waals surface area (Å²) in [5.41, 5.74) is 1.20. The molecule has 7 heteroatoms. The number of halogens is 1. The number of hydrogen-bond donors (Lipinski definition) is 2. The highest BCUT2D eigenvalue weighted by Gasteiger charge is 2.20. The summed E-state index contributed by atoms with van der Waals surface area (Å²) in [4.78, 5) is 27.1. The number of piperidine rings is 1. The fourth-order valence-corrected chi connectivity index (χ4v) is 3.83. The molecule has 2 saturated heterocycles. The molecule has 2 N–H and O–H groups in total. The van der Waals surface area contributed by atoms with E-state index in [2.05, 4.69) is 10.6 Å². The van der Waals surface area contributed by atoms with E-state index in [1.54, 1.807) is 18.2 Å². The summed E-state index contributed by atoms with van der Waals surface area (Å²) in [6.07, 6.45) is 5.81. The Morgan fingerprint density at radius 2 is 2.04 bits per heavy atom. The maximum absolute atomic E-state index is 12.8. The zero-order valence-electron chi connectivity index (χ0n) is 16.7. The molecule has 2 amide bonds. The van der Waals surface area contributed by atoms with E-state index in [0.717, 1.165) is 51.9 Å². The van der Waals surface area contributed by atoms with Gasteiger partial charge in [0.25, 0.3) is 5.91 Å². The quantitative estimate of drug-likeness (QED) is 0.723. The highest BCUT2D eigenvalue weighted by molar-refractivity contribution is 5.98. The van der Waals surface area contributed by atoms with Gasteiger partial charge < -0.3 is 20.3 Å². The molecule has 2 fully saturated rings. The van der Waals surface area contributed by atoms with Gasteiger partial charge >= 0.3 is 0 Å². The summed E-state index contributed by atoms with van der Waals surface area (Å²) in [5, 5.41) is 6.29. The molecule has 0 aliphatic carbocycles. The van der Waals surface area contributed by atoms with Crippen LogP contribution in [0, 0.1) is 5.92 Å². The zero-order valence-corrected chi connectivity index (χ0v) is 17.5. The van der Waals surface area contributed by atoms with Crippen molar-refractivity contribution < 1.29 is 14.3 Å². The third-order valence-electron chi connectivity index (χ3n) is 5.39. The lowest BCUT2D eigenvalue weighted by Gasteiger charge is -2.27. The van der Waals surface area contributed by atoms with Gasteiger partial charge in [-0.3, -0.25) is 9.59 Å². The molecule has 0 spiro atoms. The molecular weight excluding hydrogens is 378 g/mol. The number of benzene rings is 1. The topological polar surface area (TPSA) is 70.7 Å². The van der Waals surface area contributed by atoms with Gasteiger partial charge in [0.1, 0.15) is 5.75 Å². The van der Waals surface area contributed by atoms with Gasteiger partial charge in [-0.15, -0.1) is 12.4 Å². The van der Waals surface area contributed by atoms with Crippen LogP contribution in [0.15, 0.2) is 18.2 Å². The van der Waals surface area contributed by atoms with E-state index in [4.69, 9.17) is 4.74 Å². The Labute approximate surface area is 173 Å². The van der Waals surface area contributed by atoms with Crippen molar-refractivity contribution in [3.63, 3.8) is 0 Å². The second kappa shape index (κ2) is 11.3. The van der Waals surface area contributed by atoms with Crippen molar-refractivity contribution in [3.8, 4) is 5.75 Å². The second-order valence-electron chi connectivity index (χ2n) is 7.44. The van der Waals surface area contributed by atoms with Crippen molar-refractivity contribution in [1.82, 2.24) is 10.2 Å². The summed E-state index contributed by atoms with van der Waals surface area (Å²) in [6, 6.07) is 5.34. The van der Waals surface area contributed by atoms with Crippen LogP contribution in [0.4, 0.5) is 5.69 Å². The summed E-state index contributed by atoms with van der Waals surface area (Å²) >= 11 is 0. The number of anilines is 1. The number of ether oxygens (including phenoxy) is 1. The minimum atomic E-state index is -0.0228. The first-order chi connectivity index (χ1) is 13.2. The molecule has 156 valence electrons. The third-order valence-corrected chi connectivity index (χ3v) is 5.39. The fraction of sp³-hybridized carbons (Fsp3) is 0.619. The van der Waals surface area contributed by atoms with E-state index >= 15 is 0 Å². The van der Waals surface area contributed by atoms with E-state index in [1.165, 1.54) is 6.42 Å². The molecule has 2 heterocycles. The Kier molecular flexibility index (Phi) is 9.06. The number of nitrogens with zero attached hydrogens (tertiary/aromatic N) is 1. The maximum atomic E-state index is 12.8. The SMILES string of the molecule is CCOc1ccc(C(=O)N2CCCCC2)cc1NC(=O)CCC1CCNC1.Cl. The largest absolute Gasteiger partial charge is 0.492 e. The van der Waals surface area contributed by atoms with Crippen molar-refractivity contribution in [2.75, 3.05) is 38.1 Å². The number of nitrogens with one attached hydrogen (secondary N) is 2. The van der Waals surface area contributed by atoms with Crippen molar-refractivity contribution in [1.29, 1.82) is 0 Å². The lowest BCUT2D eigenvalue weighted by atomic mass is 10.0. The molecule has 6 nitrogen and oxygen atoms in total. The zero-order chi connectivity index (χ0) is 19.1. The number of carbonyl (C=O) groups excluding carboxylic acids is 2. The van der Waals surface area contributed by atoms with Crippen molar-refractivity contribution in [2.45, 2.75) is 45.4 Å². The lowest BCUT2D eigenvalue weighted by Crippen LogP contribution is -2.35. The molecule has 1 atom stereocenters. The predicted molar refractivity (Wildman–Crippen MR) is 113 cm³/mol. The highest BCUT2D eigenvalue weighted by atomic mass is 35.5. The first-order valence-corrected chi connectivity index (χ1v) is 10.2. The van der Waals surface area contributed by atoms with Crippen LogP contribution in [0.25, 0.3) is 0 Å². The van der Waals surface area contributed by atoms with Gasteiger partial charge in [-0.1, -0.05) is 0 Å². The third kappa shape index (κ3) is 6.11. The van der Waals surface area contributed by atoms with Gasteiger partial charge in [-0.05, 0) is 76.2 Å². The molecule has 0 aromatic heterocycles. The summed E-state index contributed by atoms with van der Waals surface area (Å²) in [7, 11) is 0. The molecule has 1 unspecified atom stereocenters. The Morgan fingerprint density at radius 1 is 1.25 bits per heavy atom. The number of hydrogen-bond acceptors (Lipinski definition) is 4. The molecule has 0 saturated carbocycles. The second-order valence-corrected chi connectivity index (χ2v) is 7.44. The normalized spacial score (nSPS) is 19.0. The molecule has 28 heavy (non-hydrogen) atoms. The standard InChI is InChI=1S/C21H31N3O3.ClH/c1-2-27-19-8-7-17(21(26)24-12-4-3-5-13-24)14-18(19)23-20(25)9-6-16-10-11-22-15-16;/h7-8,14,16,22H,2-6,9-13,15H2,1H3,(H,23,25);1H. The van der Waals surface area contributed by atoms with Gasteiger partial charge in [-0.25, -0.2) is 0 Å². The lowest BCUT2D eigenvalue weighted by molar-refractivity contribution is -0.116. The first kappa shape index (κ1) is 22.5. The van der Waals surface area contributed by atoms with Crippen molar-refractivity contribution in [3.05, 3.63) is 23.8 Å². The molecular formula is C21H32ClN3O3. The van der Waals surface area contributed by atoms with Crippen LogP contribution < -0.4 is 15.4 Å². The van der Waals surface area contributed by atoms with E-state index in [-0.39, 0.29) is 24.2 Å². The fourth-order valence-electron chi connectivity index (χ4n) is 3.83. The Bertz CT molecular complexity index is 656. The van der Waals surface area contributed by atoms with Gasteiger partial charge in [-0.2, -0.15) is 0 Å². The maximum Gasteiger partial charge on any atom is 0.253 e. The highest BCUT2D eigenvalue weighted by Crippen LogP contribution is 2.28. The van der Waals surface area contributed by atoms with E-state index in [1.807, 2.05) is 11.8 Å². The van der Waals surface area contributed by atoms with Crippen LogP contribution in [0.3, 0.4) is 0 Å². The smallest absolute Gasteiger partial charge is 0.253 e. The van der Waals surface area contributed by atoms with E-state index in [0.29, 0.717) is 35.9 Å². The van der Waals surface area contributed by atoms with Gasteiger partial charge in [0.15, 0.2) is 0 Å². The van der Waals surface area contributed by atoms with Crippen molar-refractivity contribution in [2.24, 2.45) is 5.92 Å². The Morgan fingerprint density at radius 3 is 2.71 bits per heavy atom.